The number of carbonyl (C=O) groups excluding carboxylic acids is 2. The quantitative estimate of drug-likeness (QED) is 0.819. The molecule has 2 amide bonds. The van der Waals surface area contributed by atoms with Gasteiger partial charge in [0.1, 0.15) is 5.54 Å². The molecule has 110 valence electrons. The van der Waals surface area contributed by atoms with Crippen molar-refractivity contribution in [2.24, 2.45) is 0 Å². The van der Waals surface area contributed by atoms with Gasteiger partial charge in [-0.1, -0.05) is 13.8 Å². The highest BCUT2D eigenvalue weighted by Gasteiger charge is 2.46. The Hall–Kier alpha value is -1.10. The summed E-state index contributed by atoms with van der Waals surface area (Å²) in [6, 6.07) is 0. The molecule has 0 unspecified atom stereocenters. The molecule has 1 aliphatic heterocycles. The van der Waals surface area contributed by atoms with E-state index in [0.29, 0.717) is 26.0 Å². The molecule has 0 radical (unpaired) electrons. The number of carbonyl (C=O) groups is 2. The van der Waals surface area contributed by atoms with Crippen molar-refractivity contribution in [1.29, 1.82) is 0 Å². The first-order chi connectivity index (χ1) is 8.77. The van der Waals surface area contributed by atoms with Crippen LogP contribution in [0, 0.1) is 0 Å². The molecule has 0 atom stereocenters. The number of amides is 2. The molecule has 0 bridgehead atoms. The molecule has 1 rings (SSSR count). The lowest BCUT2D eigenvalue weighted by atomic mass is 9.87. The molecule has 5 nitrogen and oxygen atoms in total. The SMILES string of the molecule is CCC1(CC)C(=O)NCC(=O)N1CCOC(C)(C)C. The number of nitrogens with zero attached hydrogens (tertiary/aromatic N) is 1. The monoisotopic (exact) mass is 270 g/mol. The number of hydrogen-bond acceptors (Lipinski definition) is 3. The predicted octanol–water partition coefficient (Wildman–Crippen LogP) is 1.32. The van der Waals surface area contributed by atoms with Crippen molar-refractivity contribution in [3.05, 3.63) is 0 Å². The highest BCUT2D eigenvalue weighted by atomic mass is 16.5. The fourth-order valence-corrected chi connectivity index (χ4v) is 2.51. The minimum Gasteiger partial charge on any atom is -0.374 e. The van der Waals surface area contributed by atoms with E-state index in [-0.39, 0.29) is 24.0 Å². The summed E-state index contributed by atoms with van der Waals surface area (Å²) >= 11 is 0. The maximum Gasteiger partial charge on any atom is 0.246 e. The molecule has 1 N–H and O–H groups in total. The van der Waals surface area contributed by atoms with Crippen LogP contribution in [0.1, 0.15) is 47.5 Å². The Bertz CT molecular complexity index is 343. The maximum absolute atomic E-state index is 12.1. The Morgan fingerprint density at radius 3 is 2.32 bits per heavy atom. The molecule has 5 heteroatoms. The van der Waals surface area contributed by atoms with E-state index < -0.39 is 5.54 Å². The van der Waals surface area contributed by atoms with Crippen LogP contribution < -0.4 is 5.32 Å². The van der Waals surface area contributed by atoms with E-state index in [9.17, 15) is 9.59 Å². The third kappa shape index (κ3) is 3.47. The van der Waals surface area contributed by atoms with Gasteiger partial charge in [0.05, 0.1) is 18.8 Å². The topological polar surface area (TPSA) is 58.6 Å². The van der Waals surface area contributed by atoms with Crippen LogP contribution in [-0.2, 0) is 14.3 Å². The standard InChI is InChI=1S/C14H26N2O3/c1-6-14(7-2)12(18)15-10-11(17)16(14)8-9-19-13(3,4)5/h6-10H2,1-5H3,(H,15,18). The van der Waals surface area contributed by atoms with Crippen LogP contribution in [0.5, 0.6) is 0 Å². The summed E-state index contributed by atoms with van der Waals surface area (Å²) in [5.74, 6) is -0.0753. The molecule has 19 heavy (non-hydrogen) atoms. The average molecular weight is 270 g/mol. The number of nitrogens with one attached hydrogen (secondary N) is 1. The molecule has 0 aliphatic carbocycles. The van der Waals surface area contributed by atoms with E-state index >= 15 is 0 Å². The smallest absolute Gasteiger partial charge is 0.246 e. The van der Waals surface area contributed by atoms with Crippen LogP contribution in [0.3, 0.4) is 0 Å². The zero-order valence-corrected chi connectivity index (χ0v) is 12.7. The Kier molecular flexibility index (Phi) is 4.96. The van der Waals surface area contributed by atoms with Crippen LogP contribution in [0.25, 0.3) is 0 Å². The van der Waals surface area contributed by atoms with Gasteiger partial charge in [-0.3, -0.25) is 9.59 Å². The Labute approximate surface area is 115 Å². The maximum atomic E-state index is 12.1. The summed E-state index contributed by atoms with van der Waals surface area (Å²) in [4.78, 5) is 25.9. The van der Waals surface area contributed by atoms with Crippen molar-refractivity contribution in [3.8, 4) is 0 Å². The molecule has 0 aromatic rings. The first-order valence-corrected chi connectivity index (χ1v) is 6.99. The van der Waals surface area contributed by atoms with Gasteiger partial charge in [0.2, 0.25) is 11.8 Å². The van der Waals surface area contributed by atoms with E-state index in [1.807, 2.05) is 34.6 Å². The molecular weight excluding hydrogens is 244 g/mol. The number of rotatable bonds is 5. The zero-order valence-electron chi connectivity index (χ0n) is 12.7. The second-order valence-electron chi connectivity index (χ2n) is 5.93. The van der Waals surface area contributed by atoms with Crippen LogP contribution in [-0.4, -0.2) is 47.6 Å². The zero-order chi connectivity index (χ0) is 14.7. The third-order valence-electron chi connectivity index (χ3n) is 3.66. The molecule has 0 aromatic carbocycles. The van der Waals surface area contributed by atoms with Crippen molar-refractivity contribution in [3.63, 3.8) is 0 Å². The fraction of sp³-hybridized carbons (Fsp3) is 0.857. The Morgan fingerprint density at radius 2 is 1.84 bits per heavy atom. The molecule has 1 aliphatic rings. The second kappa shape index (κ2) is 5.90. The van der Waals surface area contributed by atoms with Gasteiger partial charge in [-0.25, -0.2) is 0 Å². The number of piperazine rings is 1. The Morgan fingerprint density at radius 1 is 1.26 bits per heavy atom. The lowest BCUT2D eigenvalue weighted by Crippen LogP contribution is -2.67. The van der Waals surface area contributed by atoms with Gasteiger partial charge in [0, 0.05) is 6.54 Å². The van der Waals surface area contributed by atoms with Crippen molar-refractivity contribution in [1.82, 2.24) is 10.2 Å². The van der Waals surface area contributed by atoms with Gasteiger partial charge in [-0.2, -0.15) is 0 Å². The second-order valence-corrected chi connectivity index (χ2v) is 5.93. The molecule has 1 saturated heterocycles. The molecular formula is C14H26N2O3. The minimum atomic E-state index is -0.712. The first-order valence-electron chi connectivity index (χ1n) is 6.99. The van der Waals surface area contributed by atoms with Crippen molar-refractivity contribution >= 4 is 11.8 Å². The summed E-state index contributed by atoms with van der Waals surface area (Å²) in [5, 5.41) is 2.69. The van der Waals surface area contributed by atoms with E-state index in [1.165, 1.54) is 0 Å². The molecule has 1 fully saturated rings. The van der Waals surface area contributed by atoms with Crippen LogP contribution in [0.4, 0.5) is 0 Å². The summed E-state index contributed by atoms with van der Waals surface area (Å²) in [6.07, 6.45) is 1.24. The normalized spacial score (nSPS) is 19.5. The van der Waals surface area contributed by atoms with E-state index in [2.05, 4.69) is 5.32 Å². The minimum absolute atomic E-state index is 0.0270. The lowest BCUT2D eigenvalue weighted by Gasteiger charge is -2.45. The van der Waals surface area contributed by atoms with E-state index in [4.69, 9.17) is 4.74 Å². The van der Waals surface area contributed by atoms with Gasteiger partial charge in [-0.15, -0.1) is 0 Å². The van der Waals surface area contributed by atoms with Crippen molar-refractivity contribution in [2.75, 3.05) is 19.7 Å². The number of hydrogen-bond donors (Lipinski definition) is 1. The fourth-order valence-electron chi connectivity index (χ4n) is 2.51. The molecule has 0 aromatic heterocycles. The van der Waals surface area contributed by atoms with E-state index in [1.54, 1.807) is 4.90 Å². The van der Waals surface area contributed by atoms with Gasteiger partial charge in [0.25, 0.3) is 0 Å². The first kappa shape index (κ1) is 16.0. The number of ether oxygens (including phenoxy) is 1. The Balaban J connectivity index is 2.80. The third-order valence-corrected chi connectivity index (χ3v) is 3.66. The van der Waals surface area contributed by atoms with Crippen LogP contribution >= 0.6 is 0 Å². The summed E-state index contributed by atoms with van der Waals surface area (Å²) < 4.78 is 5.67. The summed E-state index contributed by atoms with van der Waals surface area (Å²) in [7, 11) is 0. The van der Waals surface area contributed by atoms with E-state index in [0.717, 1.165) is 0 Å². The van der Waals surface area contributed by atoms with Crippen molar-refractivity contribution < 1.29 is 14.3 Å². The molecule has 1 heterocycles. The highest BCUT2D eigenvalue weighted by Crippen LogP contribution is 2.27. The van der Waals surface area contributed by atoms with Crippen LogP contribution in [0.15, 0.2) is 0 Å². The lowest BCUT2D eigenvalue weighted by molar-refractivity contribution is -0.156. The van der Waals surface area contributed by atoms with Gasteiger partial charge in [0.15, 0.2) is 0 Å². The van der Waals surface area contributed by atoms with Gasteiger partial charge >= 0.3 is 0 Å². The van der Waals surface area contributed by atoms with Gasteiger partial charge < -0.3 is 15.0 Å². The van der Waals surface area contributed by atoms with Crippen molar-refractivity contribution in [2.45, 2.75) is 58.6 Å². The summed E-state index contributed by atoms with van der Waals surface area (Å²) in [6.45, 7) is 10.8. The largest absolute Gasteiger partial charge is 0.374 e. The molecule has 0 saturated carbocycles. The predicted molar refractivity (Wildman–Crippen MR) is 73.7 cm³/mol. The van der Waals surface area contributed by atoms with Crippen LogP contribution in [0.2, 0.25) is 0 Å². The summed E-state index contributed by atoms with van der Waals surface area (Å²) in [5.41, 5.74) is -0.946. The highest BCUT2D eigenvalue weighted by molar-refractivity contribution is 5.97. The van der Waals surface area contributed by atoms with Gasteiger partial charge in [-0.05, 0) is 33.6 Å². The molecule has 0 spiro atoms. The average Bonchev–Trinajstić information content (AvgIpc) is 2.33.